The Hall–Kier alpha value is -2.83. The van der Waals surface area contributed by atoms with E-state index < -0.39 is 0 Å². The molecule has 0 aliphatic heterocycles. The second-order valence-electron chi connectivity index (χ2n) is 5.98. The van der Waals surface area contributed by atoms with Crippen molar-refractivity contribution in [1.29, 1.82) is 0 Å². The molecule has 0 atom stereocenters. The van der Waals surface area contributed by atoms with Crippen LogP contribution in [0.2, 0.25) is 5.02 Å². The van der Waals surface area contributed by atoms with Gasteiger partial charge >= 0.3 is 0 Å². The first-order chi connectivity index (χ1) is 12.3. The van der Waals surface area contributed by atoms with E-state index in [1.165, 1.54) is 11.1 Å². The fourth-order valence-electron chi connectivity index (χ4n) is 3.15. The van der Waals surface area contributed by atoms with Gasteiger partial charge in [0, 0.05) is 10.6 Å². The molecular weight excluding hydrogens is 324 g/mol. The van der Waals surface area contributed by atoms with E-state index in [0.717, 1.165) is 27.3 Å². The molecule has 0 aliphatic rings. The van der Waals surface area contributed by atoms with Crippen molar-refractivity contribution in [1.82, 2.24) is 0 Å². The molecule has 0 aliphatic carbocycles. The highest BCUT2D eigenvalue weighted by Crippen LogP contribution is 2.40. The van der Waals surface area contributed by atoms with Gasteiger partial charge < -0.3 is 0 Å². The van der Waals surface area contributed by atoms with Gasteiger partial charge in [0.2, 0.25) is 0 Å². The number of hydrogen-bond acceptors (Lipinski definition) is 0. The Morgan fingerprint density at radius 1 is 0.440 bits per heavy atom. The minimum absolute atomic E-state index is 0.770. The van der Waals surface area contributed by atoms with Gasteiger partial charge in [-0.2, -0.15) is 0 Å². The number of hydrogen-bond donors (Lipinski definition) is 0. The highest BCUT2D eigenvalue weighted by molar-refractivity contribution is 6.34. The Kier molecular flexibility index (Phi) is 4.37. The number of benzene rings is 4. The summed E-state index contributed by atoms with van der Waals surface area (Å²) in [6, 6.07) is 35.4. The Morgan fingerprint density at radius 3 is 1.48 bits per heavy atom. The molecule has 0 aromatic heterocycles. The summed E-state index contributed by atoms with van der Waals surface area (Å²) in [5, 5.41) is 0.770. The molecule has 25 heavy (non-hydrogen) atoms. The SMILES string of the molecule is Clc1cc(-c2ccccc2)cc(-c2ccccc2)c1-c1ccccc1. The molecule has 4 aromatic carbocycles. The molecule has 0 amide bonds. The van der Waals surface area contributed by atoms with E-state index in [0.29, 0.717) is 0 Å². The Bertz CT molecular complexity index is 974. The maximum atomic E-state index is 6.77. The van der Waals surface area contributed by atoms with Crippen LogP contribution >= 0.6 is 11.6 Å². The molecular formula is C24H17Cl. The fraction of sp³-hybridized carbons (Fsp3) is 0. The molecule has 0 heterocycles. The number of halogens is 1. The van der Waals surface area contributed by atoms with E-state index in [1.807, 2.05) is 30.3 Å². The van der Waals surface area contributed by atoms with Gasteiger partial charge in [-0.15, -0.1) is 0 Å². The summed E-state index contributed by atoms with van der Waals surface area (Å²) in [7, 11) is 0. The molecule has 0 N–H and O–H groups in total. The topological polar surface area (TPSA) is 0 Å². The van der Waals surface area contributed by atoms with Crippen LogP contribution in [0, 0.1) is 0 Å². The van der Waals surface area contributed by atoms with E-state index in [-0.39, 0.29) is 0 Å². The first-order valence-corrected chi connectivity index (χ1v) is 8.70. The zero-order valence-electron chi connectivity index (χ0n) is 13.7. The number of rotatable bonds is 3. The molecule has 120 valence electrons. The molecule has 0 saturated carbocycles. The molecule has 4 rings (SSSR count). The zero-order chi connectivity index (χ0) is 17.1. The van der Waals surface area contributed by atoms with E-state index >= 15 is 0 Å². The second kappa shape index (κ2) is 6.96. The van der Waals surface area contributed by atoms with Gasteiger partial charge in [-0.05, 0) is 39.9 Å². The minimum atomic E-state index is 0.770. The lowest BCUT2D eigenvalue weighted by Gasteiger charge is -2.15. The largest absolute Gasteiger partial charge is 0.0836 e. The summed E-state index contributed by atoms with van der Waals surface area (Å²) in [5.74, 6) is 0. The highest BCUT2D eigenvalue weighted by Gasteiger charge is 2.14. The maximum Gasteiger partial charge on any atom is 0.0496 e. The van der Waals surface area contributed by atoms with Gasteiger partial charge in [-0.25, -0.2) is 0 Å². The van der Waals surface area contributed by atoms with Crippen molar-refractivity contribution in [3.05, 3.63) is 108 Å². The summed E-state index contributed by atoms with van der Waals surface area (Å²) in [6.45, 7) is 0. The third-order valence-electron chi connectivity index (χ3n) is 4.34. The van der Waals surface area contributed by atoms with Crippen molar-refractivity contribution in [3.8, 4) is 33.4 Å². The molecule has 0 fully saturated rings. The van der Waals surface area contributed by atoms with Crippen LogP contribution in [0.4, 0.5) is 0 Å². The summed E-state index contributed by atoms with van der Waals surface area (Å²) in [4.78, 5) is 0. The average Bonchev–Trinajstić information content (AvgIpc) is 2.69. The van der Waals surface area contributed by atoms with Crippen LogP contribution in [0.5, 0.6) is 0 Å². The Balaban J connectivity index is 1.99. The molecule has 1 heteroatoms. The minimum Gasteiger partial charge on any atom is -0.0836 e. The summed E-state index contributed by atoms with van der Waals surface area (Å²) in [5.41, 5.74) is 6.82. The monoisotopic (exact) mass is 340 g/mol. The maximum absolute atomic E-state index is 6.77. The van der Waals surface area contributed by atoms with Crippen LogP contribution < -0.4 is 0 Å². The van der Waals surface area contributed by atoms with E-state index in [1.54, 1.807) is 0 Å². The van der Waals surface area contributed by atoms with Gasteiger partial charge in [0.25, 0.3) is 0 Å². The Morgan fingerprint density at radius 2 is 0.920 bits per heavy atom. The van der Waals surface area contributed by atoms with Gasteiger partial charge in [0.15, 0.2) is 0 Å². The zero-order valence-corrected chi connectivity index (χ0v) is 14.4. The molecule has 0 bridgehead atoms. The average molecular weight is 341 g/mol. The normalized spacial score (nSPS) is 10.6. The fourth-order valence-corrected chi connectivity index (χ4v) is 3.48. The van der Waals surface area contributed by atoms with Crippen LogP contribution in [0.3, 0.4) is 0 Å². The molecule has 0 radical (unpaired) electrons. The van der Waals surface area contributed by atoms with Crippen LogP contribution in [0.15, 0.2) is 103 Å². The van der Waals surface area contributed by atoms with Crippen LogP contribution in [0.1, 0.15) is 0 Å². The van der Waals surface area contributed by atoms with Gasteiger partial charge in [0.1, 0.15) is 0 Å². The predicted octanol–water partition coefficient (Wildman–Crippen LogP) is 7.34. The second-order valence-corrected chi connectivity index (χ2v) is 6.39. The van der Waals surface area contributed by atoms with E-state index in [4.69, 9.17) is 11.6 Å². The van der Waals surface area contributed by atoms with Crippen molar-refractivity contribution in [3.63, 3.8) is 0 Å². The van der Waals surface area contributed by atoms with Gasteiger partial charge in [-0.1, -0.05) is 103 Å². The molecule has 0 spiro atoms. The molecule has 0 unspecified atom stereocenters. The first-order valence-electron chi connectivity index (χ1n) is 8.33. The van der Waals surface area contributed by atoms with Crippen LogP contribution in [0.25, 0.3) is 33.4 Å². The van der Waals surface area contributed by atoms with Gasteiger partial charge in [-0.3, -0.25) is 0 Å². The lowest BCUT2D eigenvalue weighted by atomic mass is 9.91. The molecule has 0 nitrogen and oxygen atoms in total. The van der Waals surface area contributed by atoms with Crippen LogP contribution in [-0.4, -0.2) is 0 Å². The highest BCUT2D eigenvalue weighted by atomic mass is 35.5. The lowest BCUT2D eigenvalue weighted by Crippen LogP contribution is -1.89. The predicted molar refractivity (Wildman–Crippen MR) is 108 cm³/mol. The summed E-state index contributed by atoms with van der Waals surface area (Å²) in [6.07, 6.45) is 0. The lowest BCUT2D eigenvalue weighted by molar-refractivity contribution is 1.56. The van der Waals surface area contributed by atoms with Gasteiger partial charge in [0.05, 0.1) is 0 Å². The quantitative estimate of drug-likeness (QED) is 0.366. The van der Waals surface area contributed by atoms with Crippen molar-refractivity contribution in [2.75, 3.05) is 0 Å². The van der Waals surface area contributed by atoms with E-state index in [2.05, 4.69) is 72.8 Å². The van der Waals surface area contributed by atoms with Crippen LogP contribution in [-0.2, 0) is 0 Å². The molecule has 0 saturated heterocycles. The van der Waals surface area contributed by atoms with Crippen molar-refractivity contribution >= 4 is 11.6 Å². The standard InChI is InChI=1S/C24H17Cl/c25-23-17-21(18-10-4-1-5-11-18)16-22(19-12-6-2-7-13-19)24(23)20-14-8-3-9-15-20/h1-17H. The smallest absolute Gasteiger partial charge is 0.0496 e. The van der Waals surface area contributed by atoms with E-state index in [9.17, 15) is 0 Å². The molecule has 4 aromatic rings. The van der Waals surface area contributed by atoms with Crippen molar-refractivity contribution in [2.24, 2.45) is 0 Å². The summed E-state index contributed by atoms with van der Waals surface area (Å²) >= 11 is 6.77. The van der Waals surface area contributed by atoms with Crippen molar-refractivity contribution < 1.29 is 0 Å². The third-order valence-corrected chi connectivity index (χ3v) is 4.64. The Labute approximate surface area is 153 Å². The van der Waals surface area contributed by atoms with Crippen molar-refractivity contribution in [2.45, 2.75) is 0 Å². The third kappa shape index (κ3) is 3.22. The first kappa shape index (κ1) is 15.7. The summed E-state index contributed by atoms with van der Waals surface area (Å²) < 4.78 is 0.